The van der Waals surface area contributed by atoms with Gasteiger partial charge in [-0.05, 0) is 46.7 Å². The van der Waals surface area contributed by atoms with Crippen LogP contribution < -0.4 is 10.6 Å². The van der Waals surface area contributed by atoms with Crippen molar-refractivity contribution in [3.63, 3.8) is 0 Å². The SMILES string of the molecule is CCOC(CCN(C)C)CNC(=NC)NC1CC2CCC1O2.I. The van der Waals surface area contributed by atoms with Gasteiger partial charge in [0.15, 0.2) is 5.96 Å². The van der Waals surface area contributed by atoms with Gasteiger partial charge in [-0.25, -0.2) is 0 Å². The fraction of sp³-hybridized carbons (Fsp3) is 0.938. The molecule has 2 aliphatic heterocycles. The van der Waals surface area contributed by atoms with Crippen molar-refractivity contribution in [2.24, 2.45) is 4.99 Å². The van der Waals surface area contributed by atoms with E-state index in [4.69, 9.17) is 9.47 Å². The van der Waals surface area contributed by atoms with Gasteiger partial charge in [0.1, 0.15) is 0 Å². The van der Waals surface area contributed by atoms with E-state index >= 15 is 0 Å². The number of ether oxygens (including phenoxy) is 2. The fourth-order valence-corrected chi connectivity index (χ4v) is 3.25. The molecule has 136 valence electrons. The van der Waals surface area contributed by atoms with E-state index in [1.807, 2.05) is 14.0 Å². The normalized spacial score (nSPS) is 27.9. The summed E-state index contributed by atoms with van der Waals surface area (Å²) in [7, 11) is 6.00. The van der Waals surface area contributed by atoms with Crippen LogP contribution in [0.3, 0.4) is 0 Å². The molecule has 2 fully saturated rings. The van der Waals surface area contributed by atoms with Gasteiger partial charge >= 0.3 is 0 Å². The number of nitrogens with one attached hydrogen (secondary N) is 2. The van der Waals surface area contributed by atoms with Crippen LogP contribution in [0, 0.1) is 0 Å². The van der Waals surface area contributed by atoms with Crippen molar-refractivity contribution < 1.29 is 9.47 Å². The Labute approximate surface area is 157 Å². The molecule has 0 aromatic heterocycles. The maximum Gasteiger partial charge on any atom is 0.191 e. The Kier molecular flexibility index (Phi) is 9.72. The second-order valence-electron chi connectivity index (χ2n) is 6.48. The summed E-state index contributed by atoms with van der Waals surface area (Å²) in [4.78, 5) is 6.52. The summed E-state index contributed by atoms with van der Waals surface area (Å²) in [5.74, 6) is 0.857. The van der Waals surface area contributed by atoms with Crippen LogP contribution in [0.4, 0.5) is 0 Å². The molecule has 0 spiro atoms. The highest BCUT2D eigenvalue weighted by Crippen LogP contribution is 2.34. The number of guanidine groups is 1. The molecule has 23 heavy (non-hydrogen) atoms. The molecule has 2 N–H and O–H groups in total. The van der Waals surface area contributed by atoms with E-state index in [1.165, 1.54) is 12.8 Å². The van der Waals surface area contributed by atoms with Crippen molar-refractivity contribution in [3.05, 3.63) is 0 Å². The van der Waals surface area contributed by atoms with Crippen molar-refractivity contribution in [2.75, 3.05) is 40.8 Å². The van der Waals surface area contributed by atoms with Gasteiger partial charge in [-0.15, -0.1) is 24.0 Å². The van der Waals surface area contributed by atoms with Crippen molar-refractivity contribution in [2.45, 2.75) is 57.0 Å². The van der Waals surface area contributed by atoms with E-state index < -0.39 is 0 Å². The van der Waals surface area contributed by atoms with Crippen molar-refractivity contribution in [1.82, 2.24) is 15.5 Å². The Bertz CT molecular complexity index is 368. The molecule has 6 nitrogen and oxygen atoms in total. The van der Waals surface area contributed by atoms with Gasteiger partial charge in [0.2, 0.25) is 0 Å². The summed E-state index contributed by atoms with van der Waals surface area (Å²) >= 11 is 0. The zero-order valence-corrected chi connectivity index (χ0v) is 17.2. The maximum absolute atomic E-state index is 5.88. The molecule has 2 rings (SSSR count). The van der Waals surface area contributed by atoms with E-state index in [0.717, 1.165) is 38.5 Å². The highest BCUT2D eigenvalue weighted by atomic mass is 127. The lowest BCUT2D eigenvalue weighted by Crippen LogP contribution is -2.49. The van der Waals surface area contributed by atoms with E-state index in [9.17, 15) is 0 Å². The molecule has 0 aromatic carbocycles. The molecule has 2 saturated heterocycles. The summed E-state index contributed by atoms with van der Waals surface area (Å²) in [5.41, 5.74) is 0. The molecule has 0 saturated carbocycles. The predicted molar refractivity (Wildman–Crippen MR) is 105 cm³/mol. The summed E-state index contributed by atoms with van der Waals surface area (Å²) in [6.07, 6.45) is 5.53. The van der Waals surface area contributed by atoms with Gasteiger partial charge in [-0.3, -0.25) is 4.99 Å². The first kappa shape index (κ1) is 20.9. The third kappa shape index (κ3) is 6.72. The molecule has 7 heteroatoms. The van der Waals surface area contributed by atoms with Crippen LogP contribution in [-0.4, -0.2) is 76.1 Å². The fourth-order valence-electron chi connectivity index (χ4n) is 3.25. The number of rotatable bonds is 8. The maximum atomic E-state index is 5.88. The first-order chi connectivity index (χ1) is 10.6. The second kappa shape index (κ2) is 10.7. The largest absolute Gasteiger partial charge is 0.377 e. The number of aliphatic imine (C=N–C) groups is 1. The summed E-state index contributed by atoms with van der Waals surface area (Å²) in [6, 6.07) is 0.400. The number of hydrogen-bond acceptors (Lipinski definition) is 4. The van der Waals surface area contributed by atoms with E-state index in [1.54, 1.807) is 0 Å². The molecule has 0 amide bonds. The Morgan fingerprint density at radius 3 is 2.70 bits per heavy atom. The van der Waals surface area contributed by atoms with Crippen LogP contribution >= 0.6 is 24.0 Å². The average Bonchev–Trinajstić information content (AvgIpc) is 3.11. The summed E-state index contributed by atoms with van der Waals surface area (Å²) in [5, 5.41) is 6.91. The Hall–Kier alpha value is -0.120. The minimum absolute atomic E-state index is 0. The van der Waals surface area contributed by atoms with Crippen LogP contribution in [0.25, 0.3) is 0 Å². The molecule has 0 aromatic rings. The van der Waals surface area contributed by atoms with Gasteiger partial charge < -0.3 is 25.0 Å². The summed E-state index contributed by atoms with van der Waals surface area (Å²) < 4.78 is 11.7. The van der Waals surface area contributed by atoms with Gasteiger partial charge in [0.25, 0.3) is 0 Å². The van der Waals surface area contributed by atoms with Crippen LogP contribution in [0.5, 0.6) is 0 Å². The smallest absolute Gasteiger partial charge is 0.191 e. The standard InChI is InChI=1S/C16H32N4O2.HI/c1-5-21-13(8-9-20(3)4)11-18-16(17-2)19-14-10-12-6-7-15(14)22-12;/h12-15H,5-11H2,1-4H3,(H2,17,18,19);1H. The lowest BCUT2D eigenvalue weighted by Gasteiger charge is -2.25. The third-order valence-electron chi connectivity index (χ3n) is 4.45. The minimum atomic E-state index is 0. The van der Waals surface area contributed by atoms with E-state index in [-0.39, 0.29) is 30.1 Å². The van der Waals surface area contributed by atoms with Gasteiger partial charge in [-0.2, -0.15) is 0 Å². The molecule has 2 bridgehead atoms. The number of halogens is 1. The first-order valence-electron chi connectivity index (χ1n) is 8.51. The molecule has 2 aliphatic rings. The lowest BCUT2D eigenvalue weighted by molar-refractivity contribution is 0.0547. The minimum Gasteiger partial charge on any atom is -0.377 e. The Balaban J connectivity index is 0.00000264. The average molecular weight is 440 g/mol. The van der Waals surface area contributed by atoms with Crippen LogP contribution in [-0.2, 0) is 9.47 Å². The van der Waals surface area contributed by atoms with Crippen molar-refractivity contribution in [3.8, 4) is 0 Å². The van der Waals surface area contributed by atoms with Crippen molar-refractivity contribution >= 4 is 29.9 Å². The predicted octanol–water partition coefficient (Wildman–Crippen LogP) is 1.45. The molecule has 0 aliphatic carbocycles. The third-order valence-corrected chi connectivity index (χ3v) is 4.45. The van der Waals surface area contributed by atoms with Crippen LogP contribution in [0.15, 0.2) is 4.99 Å². The van der Waals surface area contributed by atoms with Crippen LogP contribution in [0.2, 0.25) is 0 Å². The van der Waals surface area contributed by atoms with Crippen LogP contribution in [0.1, 0.15) is 32.6 Å². The van der Waals surface area contributed by atoms with Gasteiger partial charge in [0, 0.05) is 26.7 Å². The van der Waals surface area contributed by atoms with Gasteiger partial charge in [0.05, 0.1) is 24.4 Å². The van der Waals surface area contributed by atoms with Gasteiger partial charge in [-0.1, -0.05) is 0 Å². The Morgan fingerprint density at radius 1 is 1.39 bits per heavy atom. The molecule has 4 unspecified atom stereocenters. The Morgan fingerprint density at radius 2 is 2.17 bits per heavy atom. The molecule has 0 radical (unpaired) electrons. The highest BCUT2D eigenvalue weighted by Gasteiger charge is 2.41. The topological polar surface area (TPSA) is 58.1 Å². The quantitative estimate of drug-likeness (QED) is 0.340. The highest BCUT2D eigenvalue weighted by molar-refractivity contribution is 14.0. The first-order valence-corrected chi connectivity index (χ1v) is 8.51. The van der Waals surface area contributed by atoms with E-state index in [2.05, 4.69) is 34.6 Å². The zero-order chi connectivity index (χ0) is 15.9. The monoisotopic (exact) mass is 440 g/mol. The molecular formula is C16H33IN4O2. The van der Waals surface area contributed by atoms with E-state index in [0.29, 0.717) is 18.2 Å². The zero-order valence-electron chi connectivity index (χ0n) is 14.9. The molecular weight excluding hydrogens is 407 g/mol. The number of fused-ring (bicyclic) bond motifs is 2. The summed E-state index contributed by atoms with van der Waals surface area (Å²) in [6.45, 7) is 4.59. The second-order valence-corrected chi connectivity index (χ2v) is 6.48. The number of nitrogens with zero attached hydrogens (tertiary/aromatic N) is 2. The molecule has 2 heterocycles. The molecule has 4 atom stereocenters. The number of hydrogen-bond donors (Lipinski definition) is 2. The van der Waals surface area contributed by atoms with Crippen molar-refractivity contribution in [1.29, 1.82) is 0 Å². The lowest BCUT2D eigenvalue weighted by atomic mass is 9.96.